The number of rotatable bonds is 4. The van der Waals surface area contributed by atoms with Gasteiger partial charge in [0, 0.05) is 16.2 Å². The highest BCUT2D eigenvalue weighted by Gasteiger charge is 2.38. The summed E-state index contributed by atoms with van der Waals surface area (Å²) in [5.41, 5.74) is 26.4. The van der Waals surface area contributed by atoms with Crippen molar-refractivity contribution in [3.8, 4) is 77.9 Å². The normalized spacial score (nSPS) is 15.6. The first kappa shape index (κ1) is 34.0. The summed E-state index contributed by atoms with van der Waals surface area (Å²) >= 11 is 0. The summed E-state index contributed by atoms with van der Waals surface area (Å²) in [5, 5.41) is 0. The summed E-state index contributed by atoms with van der Waals surface area (Å²) < 4.78 is 0. The Morgan fingerprint density at radius 1 is 0.211 bits per heavy atom. The number of benzene rings is 8. The highest BCUT2D eigenvalue weighted by Crippen LogP contribution is 2.54. The molecule has 0 heteroatoms. The van der Waals surface area contributed by atoms with Crippen LogP contribution >= 0.6 is 0 Å². The smallest absolute Gasteiger partial charge is 0.0159 e. The summed E-state index contributed by atoms with van der Waals surface area (Å²) in [7, 11) is 0. The molecule has 0 nitrogen and oxygen atoms in total. The van der Waals surface area contributed by atoms with E-state index in [2.05, 4.69) is 211 Å². The maximum absolute atomic E-state index is 2.49. The average molecular weight is 731 g/mol. The lowest BCUT2D eigenvalue weighted by Gasteiger charge is -2.24. The summed E-state index contributed by atoms with van der Waals surface area (Å²) in [6, 6.07) is 64.4. The molecule has 0 aliphatic heterocycles. The van der Waals surface area contributed by atoms with Gasteiger partial charge in [-0.15, -0.1) is 0 Å². The van der Waals surface area contributed by atoms with Gasteiger partial charge in [-0.3, -0.25) is 0 Å². The van der Waals surface area contributed by atoms with E-state index in [9.17, 15) is 0 Å². The van der Waals surface area contributed by atoms with Crippen LogP contribution in [-0.4, -0.2) is 0 Å². The predicted octanol–water partition coefficient (Wildman–Crippen LogP) is 15.3. The van der Waals surface area contributed by atoms with Crippen LogP contribution < -0.4 is 0 Å². The van der Waals surface area contributed by atoms with Gasteiger partial charge in [0.1, 0.15) is 0 Å². The second-order valence-corrected chi connectivity index (χ2v) is 18.1. The minimum absolute atomic E-state index is 0.0256. The first-order valence-corrected chi connectivity index (χ1v) is 20.5. The van der Waals surface area contributed by atoms with Gasteiger partial charge in [-0.05, 0) is 142 Å². The molecule has 0 heterocycles. The van der Waals surface area contributed by atoms with E-state index in [-0.39, 0.29) is 16.2 Å². The molecular formula is C57H46. The second kappa shape index (κ2) is 11.9. The molecule has 274 valence electrons. The third-order valence-electron chi connectivity index (χ3n) is 13.9. The molecule has 3 aliphatic rings. The fourth-order valence-electron chi connectivity index (χ4n) is 10.7. The maximum atomic E-state index is 2.49. The summed E-state index contributed by atoms with van der Waals surface area (Å²) in [5.74, 6) is 0. The van der Waals surface area contributed by atoms with E-state index >= 15 is 0 Å². The number of hydrogen-bond donors (Lipinski definition) is 0. The monoisotopic (exact) mass is 730 g/mol. The molecule has 57 heavy (non-hydrogen) atoms. The van der Waals surface area contributed by atoms with Gasteiger partial charge >= 0.3 is 0 Å². The molecule has 11 rings (SSSR count). The molecule has 0 N–H and O–H groups in total. The summed E-state index contributed by atoms with van der Waals surface area (Å²) in [4.78, 5) is 0. The Balaban J connectivity index is 1.01. The van der Waals surface area contributed by atoms with E-state index < -0.39 is 0 Å². The molecule has 0 amide bonds. The van der Waals surface area contributed by atoms with E-state index in [0.717, 1.165) is 0 Å². The van der Waals surface area contributed by atoms with Crippen molar-refractivity contribution in [3.05, 3.63) is 203 Å². The largest absolute Gasteiger partial charge is 0.0622 e. The summed E-state index contributed by atoms with van der Waals surface area (Å²) in [6.45, 7) is 14.3. The van der Waals surface area contributed by atoms with E-state index in [1.807, 2.05) is 0 Å². The molecule has 0 saturated carbocycles. The summed E-state index contributed by atoms with van der Waals surface area (Å²) in [6.07, 6.45) is 0. The predicted molar refractivity (Wildman–Crippen MR) is 241 cm³/mol. The standard InChI is InChI=1S/C57H46/c1-55(2)49-18-12-10-16-42(49)44-26-21-37(31-51(44)55)38-22-27-46-47-29-24-40(34-54(47)57(5,6)52(46)32-38)48-30-36(35-14-8-7-9-15-35)20-25-41(48)39-23-28-45-43-17-11-13-19-50(43)56(3,4)53(45)33-39/h7-34H,1-6H3. The van der Waals surface area contributed by atoms with E-state index in [0.29, 0.717) is 0 Å². The maximum Gasteiger partial charge on any atom is 0.0159 e. The first-order valence-electron chi connectivity index (χ1n) is 20.5. The Labute approximate surface area is 337 Å². The number of fused-ring (bicyclic) bond motifs is 9. The topological polar surface area (TPSA) is 0 Å². The minimum atomic E-state index is -0.163. The van der Waals surface area contributed by atoms with Crippen molar-refractivity contribution in [2.75, 3.05) is 0 Å². The molecule has 0 unspecified atom stereocenters. The van der Waals surface area contributed by atoms with Crippen LogP contribution in [0, 0.1) is 0 Å². The fraction of sp³-hybridized carbons (Fsp3) is 0.158. The van der Waals surface area contributed by atoms with Crippen LogP contribution in [0.15, 0.2) is 170 Å². The molecule has 0 spiro atoms. The van der Waals surface area contributed by atoms with Gasteiger partial charge < -0.3 is 0 Å². The highest BCUT2D eigenvalue weighted by molar-refractivity contribution is 5.93. The van der Waals surface area contributed by atoms with Crippen LogP contribution in [0.25, 0.3) is 77.9 Å². The van der Waals surface area contributed by atoms with Gasteiger partial charge in [-0.25, -0.2) is 0 Å². The Bertz CT molecular complexity index is 2970. The molecule has 8 aromatic rings. The van der Waals surface area contributed by atoms with Gasteiger partial charge in [-0.1, -0.05) is 181 Å². The Morgan fingerprint density at radius 3 is 1.00 bits per heavy atom. The zero-order chi connectivity index (χ0) is 38.8. The SMILES string of the molecule is CC1(C)c2ccccc2-c2ccc(-c3ccc4c(c3)C(C)(C)c3cc(-c5cc(-c6ccccc6)ccc5-c5ccc6c(c5)C(C)(C)c5ccccc5-6)ccc3-4)cc21. The van der Waals surface area contributed by atoms with Crippen molar-refractivity contribution in [3.63, 3.8) is 0 Å². The van der Waals surface area contributed by atoms with Crippen molar-refractivity contribution < 1.29 is 0 Å². The minimum Gasteiger partial charge on any atom is -0.0622 e. The molecule has 0 radical (unpaired) electrons. The van der Waals surface area contributed by atoms with Crippen molar-refractivity contribution in [2.24, 2.45) is 0 Å². The zero-order valence-corrected chi connectivity index (χ0v) is 33.7. The van der Waals surface area contributed by atoms with Crippen LogP contribution in [0.3, 0.4) is 0 Å². The van der Waals surface area contributed by atoms with E-state index in [4.69, 9.17) is 0 Å². The second-order valence-electron chi connectivity index (χ2n) is 18.1. The van der Waals surface area contributed by atoms with Crippen LogP contribution in [0.5, 0.6) is 0 Å². The Hall–Kier alpha value is -6.24. The molecule has 0 saturated heterocycles. The molecule has 8 aromatic carbocycles. The Morgan fingerprint density at radius 2 is 0.526 bits per heavy atom. The van der Waals surface area contributed by atoms with Crippen LogP contribution in [0.4, 0.5) is 0 Å². The van der Waals surface area contributed by atoms with Crippen LogP contribution in [0.2, 0.25) is 0 Å². The van der Waals surface area contributed by atoms with Gasteiger partial charge in [0.2, 0.25) is 0 Å². The van der Waals surface area contributed by atoms with E-state index in [1.54, 1.807) is 0 Å². The van der Waals surface area contributed by atoms with Gasteiger partial charge in [0.25, 0.3) is 0 Å². The molecule has 3 aliphatic carbocycles. The fourth-order valence-corrected chi connectivity index (χ4v) is 10.7. The molecular weight excluding hydrogens is 685 g/mol. The van der Waals surface area contributed by atoms with Crippen LogP contribution in [-0.2, 0) is 16.2 Å². The first-order chi connectivity index (χ1) is 27.5. The lowest BCUT2D eigenvalue weighted by molar-refractivity contribution is 0.659. The third kappa shape index (κ3) is 4.86. The van der Waals surface area contributed by atoms with Crippen molar-refractivity contribution in [1.82, 2.24) is 0 Å². The van der Waals surface area contributed by atoms with Crippen molar-refractivity contribution in [1.29, 1.82) is 0 Å². The zero-order valence-electron chi connectivity index (χ0n) is 33.7. The van der Waals surface area contributed by atoms with Gasteiger partial charge in [-0.2, -0.15) is 0 Å². The third-order valence-corrected chi connectivity index (χ3v) is 13.9. The van der Waals surface area contributed by atoms with Crippen molar-refractivity contribution in [2.45, 2.75) is 57.8 Å². The molecule has 0 fully saturated rings. The average Bonchev–Trinajstić information content (AvgIpc) is 3.72. The lowest BCUT2D eigenvalue weighted by Crippen LogP contribution is -2.15. The quantitative estimate of drug-likeness (QED) is 0.169. The highest BCUT2D eigenvalue weighted by atomic mass is 14.4. The lowest BCUT2D eigenvalue weighted by atomic mass is 9.79. The van der Waals surface area contributed by atoms with Crippen molar-refractivity contribution >= 4 is 0 Å². The van der Waals surface area contributed by atoms with Gasteiger partial charge in [0.05, 0.1) is 0 Å². The number of hydrogen-bond acceptors (Lipinski definition) is 0. The molecule has 0 aromatic heterocycles. The Kier molecular flexibility index (Phi) is 7.10. The van der Waals surface area contributed by atoms with Gasteiger partial charge in [0.15, 0.2) is 0 Å². The molecule has 0 atom stereocenters. The molecule has 0 bridgehead atoms. The van der Waals surface area contributed by atoms with E-state index in [1.165, 1.54) is 111 Å². The van der Waals surface area contributed by atoms with Crippen LogP contribution in [0.1, 0.15) is 74.9 Å².